The van der Waals surface area contributed by atoms with Crippen LogP contribution >= 0.6 is 0 Å². The molecule has 1 amide bonds. The van der Waals surface area contributed by atoms with Gasteiger partial charge in [-0.15, -0.1) is 10.2 Å². The van der Waals surface area contributed by atoms with Gasteiger partial charge in [0.15, 0.2) is 5.69 Å². The number of hydrogen-bond donors (Lipinski definition) is 2. The highest BCUT2D eigenvalue weighted by atomic mass is 16.1. The molecule has 0 aromatic carbocycles. The average Bonchev–Trinajstić information content (AvgIpc) is 2.35. The fraction of sp³-hybridized carbons (Fsp3) is 0.615. The summed E-state index contributed by atoms with van der Waals surface area (Å²) in [4.78, 5) is 11.8. The lowest BCUT2D eigenvalue weighted by Gasteiger charge is -2.25. The SMILES string of the molecule is CCCNc1ccc(C(=O)NCC2CCC2)nn1. The molecule has 1 fully saturated rings. The molecular formula is C13H20N4O. The van der Waals surface area contributed by atoms with Gasteiger partial charge in [-0.3, -0.25) is 4.79 Å². The van der Waals surface area contributed by atoms with E-state index in [0.29, 0.717) is 17.4 Å². The first-order valence-electron chi connectivity index (χ1n) is 6.65. The van der Waals surface area contributed by atoms with Gasteiger partial charge < -0.3 is 10.6 Å². The number of aromatic nitrogens is 2. The first-order chi connectivity index (χ1) is 8.79. The van der Waals surface area contributed by atoms with Gasteiger partial charge in [-0.2, -0.15) is 0 Å². The van der Waals surface area contributed by atoms with E-state index < -0.39 is 0 Å². The van der Waals surface area contributed by atoms with Crippen molar-refractivity contribution in [1.29, 1.82) is 0 Å². The Kier molecular flexibility index (Phi) is 4.50. The second kappa shape index (κ2) is 6.33. The minimum Gasteiger partial charge on any atom is -0.369 e. The summed E-state index contributed by atoms with van der Waals surface area (Å²) in [5, 5.41) is 13.9. The van der Waals surface area contributed by atoms with Gasteiger partial charge in [-0.25, -0.2) is 0 Å². The highest BCUT2D eigenvalue weighted by molar-refractivity contribution is 5.92. The molecule has 1 aromatic heterocycles. The standard InChI is InChI=1S/C13H20N4O/c1-2-8-14-12-7-6-11(16-17-12)13(18)15-9-10-4-3-5-10/h6-7,10H,2-5,8-9H2,1H3,(H,14,17)(H,15,18). The van der Waals surface area contributed by atoms with Gasteiger partial charge in [-0.05, 0) is 37.3 Å². The van der Waals surface area contributed by atoms with Crippen LogP contribution in [0.1, 0.15) is 43.1 Å². The Hall–Kier alpha value is -1.65. The predicted molar refractivity (Wildman–Crippen MR) is 70.5 cm³/mol. The average molecular weight is 248 g/mol. The smallest absolute Gasteiger partial charge is 0.271 e. The van der Waals surface area contributed by atoms with E-state index in [1.54, 1.807) is 12.1 Å². The van der Waals surface area contributed by atoms with Crippen molar-refractivity contribution in [2.24, 2.45) is 5.92 Å². The van der Waals surface area contributed by atoms with Crippen molar-refractivity contribution in [1.82, 2.24) is 15.5 Å². The van der Waals surface area contributed by atoms with Gasteiger partial charge in [0.1, 0.15) is 5.82 Å². The maximum Gasteiger partial charge on any atom is 0.271 e. The van der Waals surface area contributed by atoms with Crippen LogP contribution in [0.3, 0.4) is 0 Å². The lowest BCUT2D eigenvalue weighted by atomic mass is 9.85. The van der Waals surface area contributed by atoms with E-state index in [9.17, 15) is 4.79 Å². The zero-order valence-corrected chi connectivity index (χ0v) is 10.8. The highest BCUT2D eigenvalue weighted by Crippen LogP contribution is 2.25. The third-order valence-corrected chi connectivity index (χ3v) is 3.23. The Labute approximate surface area is 107 Å². The van der Waals surface area contributed by atoms with Crippen LogP contribution in [0.25, 0.3) is 0 Å². The number of carbonyl (C=O) groups is 1. The lowest BCUT2D eigenvalue weighted by Crippen LogP contribution is -2.32. The minimum absolute atomic E-state index is 0.128. The summed E-state index contributed by atoms with van der Waals surface area (Å²) >= 11 is 0. The van der Waals surface area contributed by atoms with Crippen LogP contribution in [0, 0.1) is 5.92 Å². The molecule has 0 unspecified atom stereocenters. The molecule has 0 bridgehead atoms. The summed E-state index contributed by atoms with van der Waals surface area (Å²) in [5.41, 5.74) is 0.386. The molecular weight excluding hydrogens is 228 g/mol. The van der Waals surface area contributed by atoms with Gasteiger partial charge in [0.05, 0.1) is 0 Å². The molecule has 0 spiro atoms. The van der Waals surface area contributed by atoms with Crippen molar-refractivity contribution in [2.45, 2.75) is 32.6 Å². The molecule has 5 heteroatoms. The third kappa shape index (κ3) is 3.42. The molecule has 1 saturated carbocycles. The minimum atomic E-state index is -0.128. The molecule has 2 rings (SSSR count). The molecule has 18 heavy (non-hydrogen) atoms. The molecule has 0 atom stereocenters. The lowest BCUT2D eigenvalue weighted by molar-refractivity contribution is 0.0933. The number of rotatable bonds is 6. The second-order valence-electron chi connectivity index (χ2n) is 4.74. The van der Waals surface area contributed by atoms with E-state index in [-0.39, 0.29) is 5.91 Å². The Bertz CT molecular complexity index is 386. The second-order valence-corrected chi connectivity index (χ2v) is 4.74. The highest BCUT2D eigenvalue weighted by Gasteiger charge is 2.18. The number of amides is 1. The largest absolute Gasteiger partial charge is 0.369 e. The van der Waals surface area contributed by atoms with Crippen LogP contribution in [-0.2, 0) is 0 Å². The number of hydrogen-bond acceptors (Lipinski definition) is 4. The molecule has 98 valence electrons. The van der Waals surface area contributed by atoms with Crippen molar-refractivity contribution in [3.63, 3.8) is 0 Å². The molecule has 0 saturated heterocycles. The first kappa shape index (κ1) is 12.8. The van der Waals surface area contributed by atoms with Crippen LogP contribution in [0.4, 0.5) is 5.82 Å². The summed E-state index contributed by atoms with van der Waals surface area (Å²) in [6, 6.07) is 3.50. The van der Waals surface area contributed by atoms with Crippen LogP contribution in [-0.4, -0.2) is 29.2 Å². The molecule has 0 aliphatic heterocycles. The summed E-state index contributed by atoms with van der Waals surface area (Å²) in [5.74, 6) is 1.25. The van der Waals surface area contributed by atoms with Crippen LogP contribution in [0.2, 0.25) is 0 Å². The molecule has 1 heterocycles. The summed E-state index contributed by atoms with van der Waals surface area (Å²) in [6.45, 7) is 3.71. The van der Waals surface area contributed by atoms with Crippen molar-refractivity contribution >= 4 is 11.7 Å². The monoisotopic (exact) mass is 248 g/mol. The first-order valence-corrected chi connectivity index (χ1v) is 6.65. The number of nitrogens with one attached hydrogen (secondary N) is 2. The fourth-order valence-electron chi connectivity index (χ4n) is 1.83. The van der Waals surface area contributed by atoms with E-state index >= 15 is 0 Å². The zero-order chi connectivity index (χ0) is 12.8. The Morgan fingerprint density at radius 1 is 1.39 bits per heavy atom. The van der Waals surface area contributed by atoms with E-state index in [2.05, 4.69) is 27.8 Å². The van der Waals surface area contributed by atoms with Crippen LogP contribution in [0.5, 0.6) is 0 Å². The van der Waals surface area contributed by atoms with Crippen LogP contribution < -0.4 is 10.6 Å². The molecule has 2 N–H and O–H groups in total. The van der Waals surface area contributed by atoms with E-state index in [0.717, 1.165) is 19.5 Å². The maximum absolute atomic E-state index is 11.8. The maximum atomic E-state index is 11.8. The zero-order valence-electron chi connectivity index (χ0n) is 10.8. The van der Waals surface area contributed by atoms with Crippen molar-refractivity contribution < 1.29 is 4.79 Å². The van der Waals surface area contributed by atoms with E-state index in [4.69, 9.17) is 0 Å². The van der Waals surface area contributed by atoms with Gasteiger partial charge in [0, 0.05) is 13.1 Å². The molecule has 5 nitrogen and oxygen atoms in total. The molecule has 1 aliphatic carbocycles. The molecule has 1 aliphatic rings. The van der Waals surface area contributed by atoms with Gasteiger partial charge in [0.25, 0.3) is 5.91 Å². The van der Waals surface area contributed by atoms with Gasteiger partial charge >= 0.3 is 0 Å². The fourth-order valence-corrected chi connectivity index (χ4v) is 1.83. The molecule has 1 aromatic rings. The number of anilines is 1. The van der Waals surface area contributed by atoms with E-state index in [1.165, 1.54) is 19.3 Å². The van der Waals surface area contributed by atoms with Crippen molar-refractivity contribution in [3.8, 4) is 0 Å². The topological polar surface area (TPSA) is 66.9 Å². The predicted octanol–water partition coefficient (Wildman–Crippen LogP) is 1.83. The van der Waals surface area contributed by atoms with Crippen molar-refractivity contribution in [2.75, 3.05) is 18.4 Å². The molecule has 0 radical (unpaired) electrons. The Morgan fingerprint density at radius 3 is 2.78 bits per heavy atom. The third-order valence-electron chi connectivity index (χ3n) is 3.23. The summed E-state index contributed by atoms with van der Waals surface area (Å²) in [6.07, 6.45) is 4.78. The Morgan fingerprint density at radius 2 is 2.22 bits per heavy atom. The Balaban J connectivity index is 1.81. The normalized spacial score (nSPS) is 14.9. The number of nitrogens with zero attached hydrogens (tertiary/aromatic N) is 2. The van der Waals surface area contributed by atoms with Gasteiger partial charge in [-0.1, -0.05) is 13.3 Å². The van der Waals surface area contributed by atoms with Gasteiger partial charge in [0.2, 0.25) is 0 Å². The number of carbonyl (C=O) groups excluding carboxylic acids is 1. The van der Waals surface area contributed by atoms with E-state index in [1.807, 2.05) is 0 Å². The van der Waals surface area contributed by atoms with Crippen LogP contribution in [0.15, 0.2) is 12.1 Å². The summed E-state index contributed by atoms with van der Waals surface area (Å²) in [7, 11) is 0. The van der Waals surface area contributed by atoms with Crippen molar-refractivity contribution in [3.05, 3.63) is 17.8 Å². The quantitative estimate of drug-likeness (QED) is 0.806. The summed E-state index contributed by atoms with van der Waals surface area (Å²) < 4.78 is 0.